The smallest absolute Gasteiger partial charge is 0.410 e. The fourth-order valence-corrected chi connectivity index (χ4v) is 3.54. The molecule has 1 heterocycles. The molecule has 0 bridgehead atoms. The predicted molar refractivity (Wildman–Crippen MR) is 128 cm³/mol. The summed E-state index contributed by atoms with van der Waals surface area (Å²) in [7, 11) is 0. The first-order chi connectivity index (χ1) is 15.6. The Morgan fingerprint density at radius 2 is 1.94 bits per heavy atom. The van der Waals surface area contributed by atoms with E-state index in [2.05, 4.69) is 10.8 Å². The Balaban J connectivity index is 1.57. The van der Waals surface area contributed by atoms with Crippen LogP contribution in [0.4, 0.5) is 20.6 Å². The van der Waals surface area contributed by atoms with E-state index >= 15 is 0 Å². The lowest BCUT2D eigenvalue weighted by molar-refractivity contribution is -0.0372. The monoisotopic (exact) mass is 566 g/mol. The normalized spacial score (nSPS) is 13.6. The van der Waals surface area contributed by atoms with Crippen LogP contribution in [0.15, 0.2) is 36.4 Å². The van der Waals surface area contributed by atoms with E-state index in [9.17, 15) is 19.2 Å². The number of carbonyl (C=O) groups excluding carboxylic acids is 2. The van der Waals surface area contributed by atoms with E-state index < -0.39 is 17.3 Å². The molecule has 0 saturated carbocycles. The number of amides is 2. The topological polar surface area (TPSA) is 104 Å². The van der Waals surface area contributed by atoms with Crippen molar-refractivity contribution >= 4 is 46.0 Å². The van der Waals surface area contributed by atoms with E-state index in [1.165, 1.54) is 24.3 Å². The molecule has 1 saturated heterocycles. The quantitative estimate of drug-likeness (QED) is 0.392. The van der Waals surface area contributed by atoms with Crippen LogP contribution in [0.5, 0.6) is 0 Å². The summed E-state index contributed by atoms with van der Waals surface area (Å²) in [5.41, 5.74) is 2.78. The third kappa shape index (κ3) is 6.79. The molecule has 2 N–H and O–H groups in total. The molecule has 2 aromatic rings. The van der Waals surface area contributed by atoms with Crippen LogP contribution in [-0.2, 0) is 9.57 Å². The molecule has 0 atom stereocenters. The van der Waals surface area contributed by atoms with Gasteiger partial charge < -0.3 is 15.0 Å². The number of benzene rings is 2. The molecular weight excluding hydrogens is 542 g/mol. The second-order valence-electron chi connectivity index (χ2n) is 8.61. The van der Waals surface area contributed by atoms with Gasteiger partial charge in [0.25, 0.3) is 5.91 Å². The highest BCUT2D eigenvalue weighted by molar-refractivity contribution is 14.1. The molecule has 1 aliphatic rings. The predicted octanol–water partition coefficient (Wildman–Crippen LogP) is 4.57. The van der Waals surface area contributed by atoms with Crippen LogP contribution in [0.2, 0.25) is 0 Å². The minimum Gasteiger partial charge on any atom is -0.444 e. The maximum atomic E-state index is 14.3. The maximum absolute atomic E-state index is 14.3. The van der Waals surface area contributed by atoms with Gasteiger partial charge in [0.05, 0.1) is 35.2 Å². The van der Waals surface area contributed by atoms with E-state index in [1.54, 1.807) is 37.8 Å². The number of hydrogen-bond acceptors (Lipinski definition) is 6. The molecule has 1 aliphatic heterocycles. The highest BCUT2D eigenvalue weighted by Crippen LogP contribution is 2.26. The minimum atomic E-state index is -0.555. The van der Waals surface area contributed by atoms with Crippen LogP contribution in [0, 0.1) is 26.6 Å². The summed E-state index contributed by atoms with van der Waals surface area (Å²) in [5.74, 6) is -0.958. The molecule has 174 valence electrons. The number of hydrogen-bond donors (Lipinski definition) is 2. The zero-order chi connectivity index (χ0) is 24.2. The van der Waals surface area contributed by atoms with Gasteiger partial charge in [-0.1, -0.05) is 0 Å². The van der Waals surface area contributed by atoms with Crippen LogP contribution in [0.3, 0.4) is 0 Å². The number of nitrogens with one attached hydrogen (secondary N) is 2. The summed E-state index contributed by atoms with van der Waals surface area (Å²) >= 11 is 2.00. The molecule has 0 aliphatic carbocycles. The van der Waals surface area contributed by atoms with Crippen molar-refractivity contribution in [3.05, 3.63) is 56.9 Å². The zero-order valence-electron chi connectivity index (χ0n) is 18.4. The first kappa shape index (κ1) is 24.7. The van der Waals surface area contributed by atoms with Gasteiger partial charge in [0.2, 0.25) is 0 Å². The van der Waals surface area contributed by atoms with Crippen LogP contribution < -0.4 is 10.8 Å². The Hall–Kier alpha value is -2.91. The van der Waals surface area contributed by atoms with Crippen LogP contribution in [0.25, 0.3) is 0 Å². The fraction of sp³-hybridized carbons (Fsp3) is 0.348. The molecule has 10 heteroatoms. The Morgan fingerprint density at radius 1 is 1.21 bits per heavy atom. The Bertz CT molecular complexity index is 1090. The van der Waals surface area contributed by atoms with Gasteiger partial charge in [0.15, 0.2) is 0 Å². The number of nitrogens with zero attached hydrogens (tertiary/aromatic N) is 2. The van der Waals surface area contributed by atoms with Crippen molar-refractivity contribution in [2.24, 2.45) is 5.92 Å². The second kappa shape index (κ2) is 10.4. The highest BCUT2D eigenvalue weighted by Gasteiger charge is 2.34. The number of ether oxygens (including phenoxy) is 1. The molecule has 0 spiro atoms. The third-order valence-electron chi connectivity index (χ3n) is 4.69. The van der Waals surface area contributed by atoms with Gasteiger partial charge in [-0.3, -0.25) is 9.63 Å². The molecule has 2 amide bonds. The lowest BCUT2D eigenvalue weighted by Crippen LogP contribution is -2.53. The Kier molecular flexibility index (Phi) is 7.76. The number of carbonyl (C=O) groups is 2. The molecule has 0 unspecified atom stereocenters. The second-order valence-corrected chi connectivity index (χ2v) is 9.86. The Labute approximate surface area is 205 Å². The van der Waals surface area contributed by atoms with Crippen molar-refractivity contribution in [1.82, 2.24) is 10.4 Å². The zero-order valence-corrected chi connectivity index (χ0v) is 20.6. The van der Waals surface area contributed by atoms with Crippen molar-refractivity contribution in [2.75, 3.05) is 25.0 Å². The Morgan fingerprint density at radius 3 is 2.58 bits per heavy atom. The van der Waals surface area contributed by atoms with E-state index in [0.29, 0.717) is 18.7 Å². The molecule has 3 rings (SSSR count). The highest BCUT2D eigenvalue weighted by atomic mass is 127. The maximum Gasteiger partial charge on any atom is 0.410 e. The molecule has 33 heavy (non-hydrogen) atoms. The minimum absolute atomic E-state index is 0.0669. The number of nitriles is 1. The van der Waals surface area contributed by atoms with Gasteiger partial charge in [-0.25, -0.2) is 14.7 Å². The van der Waals surface area contributed by atoms with Crippen molar-refractivity contribution in [2.45, 2.75) is 26.4 Å². The lowest BCUT2D eigenvalue weighted by atomic mass is 10.0. The molecule has 0 aromatic heterocycles. The first-order valence-corrected chi connectivity index (χ1v) is 11.3. The molecule has 1 fully saturated rings. The first-order valence-electron chi connectivity index (χ1n) is 10.2. The number of anilines is 2. The van der Waals surface area contributed by atoms with Crippen LogP contribution >= 0.6 is 22.6 Å². The summed E-state index contributed by atoms with van der Waals surface area (Å²) in [6, 6.07) is 11.1. The summed E-state index contributed by atoms with van der Waals surface area (Å²) in [6.45, 7) is 6.58. The molecule has 2 aromatic carbocycles. The largest absolute Gasteiger partial charge is 0.444 e. The molecular formula is C23H24FIN4O4. The van der Waals surface area contributed by atoms with Gasteiger partial charge in [-0.2, -0.15) is 5.26 Å². The van der Waals surface area contributed by atoms with Gasteiger partial charge in [-0.15, -0.1) is 0 Å². The number of likely N-dealkylation sites (tertiary alicyclic amines) is 1. The summed E-state index contributed by atoms with van der Waals surface area (Å²) in [5, 5.41) is 12.1. The van der Waals surface area contributed by atoms with Crippen molar-refractivity contribution < 1.29 is 23.6 Å². The summed E-state index contributed by atoms with van der Waals surface area (Å²) < 4.78 is 20.3. The SMILES string of the molecule is CC(C)(C)OC(=O)N1CC(CONC(=O)c2ccc(C#N)cc2Nc2ccc(I)cc2F)C1. The van der Waals surface area contributed by atoms with Gasteiger partial charge in [0, 0.05) is 22.6 Å². The number of rotatable bonds is 6. The number of hydroxylamine groups is 1. The van der Waals surface area contributed by atoms with E-state index in [4.69, 9.17) is 9.57 Å². The van der Waals surface area contributed by atoms with Crippen LogP contribution in [0.1, 0.15) is 36.7 Å². The summed E-state index contributed by atoms with van der Waals surface area (Å²) in [6.07, 6.45) is -0.376. The van der Waals surface area contributed by atoms with Crippen molar-refractivity contribution in [3.63, 3.8) is 0 Å². The van der Waals surface area contributed by atoms with Gasteiger partial charge in [-0.05, 0) is 79.8 Å². The average Bonchev–Trinajstić information content (AvgIpc) is 2.70. The van der Waals surface area contributed by atoms with E-state index in [-0.39, 0.29) is 35.6 Å². The van der Waals surface area contributed by atoms with E-state index in [0.717, 1.165) is 3.57 Å². The van der Waals surface area contributed by atoms with Crippen molar-refractivity contribution in [1.29, 1.82) is 5.26 Å². The molecule has 8 nitrogen and oxygen atoms in total. The lowest BCUT2D eigenvalue weighted by Gasteiger charge is -2.39. The number of halogens is 2. The fourth-order valence-electron chi connectivity index (χ4n) is 3.08. The standard InChI is InChI=1S/C23H24FIN4O4/c1-23(2,3)33-22(31)29-11-15(12-29)13-32-28-21(30)17-6-4-14(10-26)8-20(17)27-19-7-5-16(25)9-18(19)24/h4-9,15,27H,11-13H2,1-3H3,(H,28,30). The van der Waals surface area contributed by atoms with Crippen LogP contribution in [-0.4, -0.2) is 42.2 Å². The van der Waals surface area contributed by atoms with Crippen molar-refractivity contribution in [3.8, 4) is 6.07 Å². The average molecular weight is 566 g/mol. The summed E-state index contributed by atoms with van der Waals surface area (Å²) in [4.78, 5) is 31.6. The third-order valence-corrected chi connectivity index (χ3v) is 5.36. The van der Waals surface area contributed by atoms with Gasteiger partial charge in [0.1, 0.15) is 11.4 Å². The van der Waals surface area contributed by atoms with Gasteiger partial charge >= 0.3 is 6.09 Å². The van der Waals surface area contributed by atoms with E-state index in [1.807, 2.05) is 28.7 Å². The molecule has 0 radical (unpaired) electrons.